The minimum Gasteiger partial charge on any atom is -0.317 e. The van der Waals surface area contributed by atoms with Crippen LogP contribution in [0.1, 0.15) is 11.3 Å². The van der Waals surface area contributed by atoms with Gasteiger partial charge in [-0.15, -0.1) is 0 Å². The van der Waals surface area contributed by atoms with Crippen LogP contribution in [-0.2, 0) is 4.79 Å². The highest BCUT2D eigenvalue weighted by molar-refractivity contribution is 7.80. The van der Waals surface area contributed by atoms with Crippen LogP contribution in [0.4, 0.5) is 5.82 Å². The molecule has 1 heterocycles. The molecule has 2 aromatic rings. The second-order valence-electron chi connectivity index (χ2n) is 4.61. The van der Waals surface area contributed by atoms with Crippen molar-refractivity contribution in [1.82, 2.24) is 10.3 Å². The minimum atomic E-state index is -0.374. The fourth-order valence-electron chi connectivity index (χ4n) is 1.72. The quantitative estimate of drug-likeness (QED) is 0.631. The lowest BCUT2D eigenvalue weighted by atomic mass is 10.2. The number of anilines is 1. The number of nitrogens with zero attached hydrogens (tertiary/aromatic N) is 1. The van der Waals surface area contributed by atoms with Crippen molar-refractivity contribution < 1.29 is 4.79 Å². The van der Waals surface area contributed by atoms with Gasteiger partial charge in [-0.05, 0) is 55.0 Å². The van der Waals surface area contributed by atoms with Crippen LogP contribution in [-0.4, -0.2) is 16.0 Å². The van der Waals surface area contributed by atoms with E-state index < -0.39 is 0 Å². The smallest absolute Gasteiger partial charge is 0.250 e. The fourth-order valence-corrected chi connectivity index (χ4v) is 2.39. The summed E-state index contributed by atoms with van der Waals surface area (Å²) in [5, 5.41) is 6.54. The number of pyridine rings is 1. The van der Waals surface area contributed by atoms with Gasteiger partial charge in [0.1, 0.15) is 5.82 Å². The predicted octanol–water partition coefficient (Wildman–Crippen LogP) is 4.22. The van der Waals surface area contributed by atoms with E-state index in [4.69, 9.17) is 35.4 Å². The zero-order valence-electron chi connectivity index (χ0n) is 12.1. The topological polar surface area (TPSA) is 54.0 Å². The summed E-state index contributed by atoms with van der Waals surface area (Å²) < 4.78 is 0. The fraction of sp³-hybridized carbons (Fsp3) is 0.0625. The summed E-state index contributed by atoms with van der Waals surface area (Å²) in [6.45, 7) is 1.87. The lowest BCUT2D eigenvalue weighted by Crippen LogP contribution is -2.33. The van der Waals surface area contributed by atoms with Crippen molar-refractivity contribution in [3.05, 3.63) is 63.8 Å². The van der Waals surface area contributed by atoms with E-state index in [2.05, 4.69) is 15.6 Å². The summed E-state index contributed by atoms with van der Waals surface area (Å²) >= 11 is 16.9. The summed E-state index contributed by atoms with van der Waals surface area (Å²) in [6.07, 6.45) is 2.92. The first-order valence-electron chi connectivity index (χ1n) is 6.63. The zero-order valence-corrected chi connectivity index (χ0v) is 14.5. The van der Waals surface area contributed by atoms with Crippen LogP contribution in [0.25, 0.3) is 6.08 Å². The molecule has 0 aliphatic carbocycles. The molecule has 7 heteroatoms. The van der Waals surface area contributed by atoms with Crippen LogP contribution >= 0.6 is 35.4 Å². The summed E-state index contributed by atoms with van der Waals surface area (Å²) in [4.78, 5) is 16.1. The first-order chi connectivity index (χ1) is 10.9. The normalized spacial score (nSPS) is 10.6. The molecule has 0 bridgehead atoms. The molecule has 0 saturated heterocycles. The summed E-state index contributed by atoms with van der Waals surface area (Å²) in [5.74, 6) is 0.196. The highest BCUT2D eigenvalue weighted by Gasteiger charge is 2.03. The number of aromatic nitrogens is 1. The molecule has 4 nitrogen and oxygen atoms in total. The van der Waals surface area contributed by atoms with Gasteiger partial charge in [-0.25, -0.2) is 4.98 Å². The molecule has 1 aromatic carbocycles. The maximum Gasteiger partial charge on any atom is 0.250 e. The Labute approximate surface area is 149 Å². The number of aryl methyl sites for hydroxylation is 1. The highest BCUT2D eigenvalue weighted by atomic mass is 35.5. The van der Waals surface area contributed by atoms with Crippen LogP contribution in [0.2, 0.25) is 10.0 Å². The van der Waals surface area contributed by atoms with Crippen LogP contribution in [0.3, 0.4) is 0 Å². The number of hydrogen-bond donors (Lipinski definition) is 2. The molecule has 0 fully saturated rings. The van der Waals surface area contributed by atoms with Gasteiger partial charge in [0, 0.05) is 21.8 Å². The molecule has 23 heavy (non-hydrogen) atoms. The highest BCUT2D eigenvalue weighted by Crippen LogP contribution is 2.21. The van der Waals surface area contributed by atoms with Crippen molar-refractivity contribution in [2.24, 2.45) is 0 Å². The number of carbonyl (C=O) groups excluding carboxylic acids is 1. The van der Waals surface area contributed by atoms with Crippen molar-refractivity contribution in [3.63, 3.8) is 0 Å². The number of carbonyl (C=O) groups is 1. The Morgan fingerprint density at radius 3 is 2.74 bits per heavy atom. The molecule has 0 spiro atoms. The molecular formula is C16H13Cl2N3OS. The number of thiocarbonyl (C=S) groups is 1. The summed E-state index contributed by atoms with van der Waals surface area (Å²) in [7, 11) is 0. The van der Waals surface area contributed by atoms with Gasteiger partial charge in [0.25, 0.3) is 0 Å². The predicted molar refractivity (Wildman–Crippen MR) is 98.8 cm³/mol. The lowest BCUT2D eigenvalue weighted by molar-refractivity contribution is -0.115. The van der Waals surface area contributed by atoms with Crippen molar-refractivity contribution in [2.75, 3.05) is 5.32 Å². The van der Waals surface area contributed by atoms with Gasteiger partial charge in [0.2, 0.25) is 5.91 Å². The molecule has 0 radical (unpaired) electrons. The first kappa shape index (κ1) is 17.4. The molecule has 0 aliphatic heterocycles. The van der Waals surface area contributed by atoms with E-state index in [0.717, 1.165) is 5.69 Å². The summed E-state index contributed by atoms with van der Waals surface area (Å²) in [5.41, 5.74) is 1.53. The number of hydrogen-bond acceptors (Lipinski definition) is 3. The molecule has 0 atom stereocenters. The Morgan fingerprint density at radius 1 is 1.26 bits per heavy atom. The van der Waals surface area contributed by atoms with Crippen LogP contribution in [0.15, 0.2) is 42.5 Å². The molecule has 2 N–H and O–H groups in total. The standard InChI is InChI=1S/C16H13Cl2N3OS/c1-10-3-2-4-14(19-10)20-16(23)21-15(22)8-6-11-5-7-12(17)9-13(11)18/h2-9H,1H3,(H2,19,20,21,22,23). The summed E-state index contributed by atoms with van der Waals surface area (Å²) in [6, 6.07) is 10.5. The average molecular weight is 366 g/mol. The van der Waals surface area contributed by atoms with E-state index in [-0.39, 0.29) is 11.0 Å². The molecular weight excluding hydrogens is 353 g/mol. The van der Waals surface area contributed by atoms with Crippen molar-refractivity contribution in [2.45, 2.75) is 6.92 Å². The van der Waals surface area contributed by atoms with E-state index >= 15 is 0 Å². The van der Waals surface area contributed by atoms with Crippen LogP contribution in [0, 0.1) is 6.92 Å². The number of nitrogens with one attached hydrogen (secondary N) is 2. The molecule has 1 amide bonds. The van der Waals surface area contributed by atoms with Crippen molar-refractivity contribution >= 4 is 58.3 Å². The van der Waals surface area contributed by atoms with Gasteiger partial charge in [0.05, 0.1) is 0 Å². The number of amides is 1. The Balaban J connectivity index is 1.93. The third kappa shape index (κ3) is 5.63. The monoisotopic (exact) mass is 365 g/mol. The van der Waals surface area contributed by atoms with E-state index in [1.54, 1.807) is 30.3 Å². The van der Waals surface area contributed by atoms with Crippen LogP contribution in [0.5, 0.6) is 0 Å². The van der Waals surface area contributed by atoms with Crippen LogP contribution < -0.4 is 10.6 Å². The Hall–Kier alpha value is -1.95. The van der Waals surface area contributed by atoms with Crippen molar-refractivity contribution in [3.8, 4) is 0 Å². The molecule has 118 valence electrons. The Morgan fingerprint density at radius 2 is 2.04 bits per heavy atom. The van der Waals surface area contributed by atoms with Crippen molar-refractivity contribution in [1.29, 1.82) is 0 Å². The largest absolute Gasteiger partial charge is 0.317 e. The van der Waals surface area contributed by atoms with Gasteiger partial charge in [0.15, 0.2) is 5.11 Å². The van der Waals surface area contributed by atoms with E-state index in [9.17, 15) is 4.79 Å². The van der Waals surface area contributed by atoms with Gasteiger partial charge in [-0.3, -0.25) is 10.1 Å². The van der Waals surface area contributed by atoms with Gasteiger partial charge < -0.3 is 5.32 Å². The molecule has 2 rings (SSSR count). The van der Waals surface area contributed by atoms with Gasteiger partial charge in [-0.2, -0.15) is 0 Å². The minimum absolute atomic E-state index is 0.167. The Bertz CT molecular complexity index is 778. The second-order valence-corrected chi connectivity index (χ2v) is 5.86. The zero-order chi connectivity index (χ0) is 16.8. The third-order valence-electron chi connectivity index (χ3n) is 2.74. The third-order valence-corrected chi connectivity index (χ3v) is 3.51. The number of benzene rings is 1. The van der Waals surface area contributed by atoms with E-state index in [1.807, 2.05) is 19.1 Å². The molecule has 0 aliphatic rings. The maximum atomic E-state index is 11.8. The molecule has 0 unspecified atom stereocenters. The number of halogens is 2. The first-order valence-corrected chi connectivity index (χ1v) is 7.79. The second kappa shape index (κ2) is 8.06. The average Bonchev–Trinajstić information content (AvgIpc) is 2.46. The Kier molecular flexibility index (Phi) is 6.10. The maximum absolute atomic E-state index is 11.8. The SMILES string of the molecule is Cc1cccc(NC(=S)NC(=O)C=Cc2ccc(Cl)cc2Cl)n1. The lowest BCUT2D eigenvalue weighted by Gasteiger charge is -2.07. The molecule has 1 aromatic heterocycles. The van der Waals surface area contributed by atoms with E-state index in [0.29, 0.717) is 21.4 Å². The molecule has 0 saturated carbocycles. The number of rotatable bonds is 3. The van der Waals surface area contributed by atoms with Gasteiger partial charge in [-0.1, -0.05) is 35.3 Å². The van der Waals surface area contributed by atoms with Gasteiger partial charge >= 0.3 is 0 Å². The van der Waals surface area contributed by atoms with E-state index in [1.165, 1.54) is 6.08 Å².